The third-order valence-electron chi connectivity index (χ3n) is 3.10. The van der Waals surface area contributed by atoms with Crippen LogP contribution in [0.25, 0.3) is 0 Å². The van der Waals surface area contributed by atoms with Gasteiger partial charge in [0.25, 0.3) is 10.0 Å². The minimum atomic E-state index is -3.80. The molecule has 0 saturated heterocycles. The highest BCUT2D eigenvalue weighted by atomic mass is 79.9. The molecule has 0 unspecified atom stereocenters. The van der Waals surface area contributed by atoms with Crippen LogP contribution in [0.4, 0.5) is 5.69 Å². The molecule has 0 saturated carbocycles. The number of nitrogens with one attached hydrogen (secondary N) is 1. The van der Waals surface area contributed by atoms with Gasteiger partial charge >= 0.3 is 0 Å². The van der Waals surface area contributed by atoms with Gasteiger partial charge in [-0.25, -0.2) is 8.42 Å². The number of benzene rings is 2. The Kier molecular flexibility index (Phi) is 4.97. The van der Waals surface area contributed by atoms with Crippen molar-refractivity contribution in [2.75, 3.05) is 18.9 Å². The van der Waals surface area contributed by atoms with Crippen LogP contribution in [-0.4, -0.2) is 22.6 Å². The summed E-state index contributed by atoms with van der Waals surface area (Å²) in [6.45, 7) is 1.83. The summed E-state index contributed by atoms with van der Waals surface area (Å²) >= 11 is 3.33. The fourth-order valence-corrected chi connectivity index (χ4v) is 3.57. The predicted octanol–water partition coefficient (Wildman–Crippen LogP) is 3.58. The largest absolute Gasteiger partial charge is 0.497 e. The number of anilines is 1. The molecule has 7 heteroatoms. The van der Waals surface area contributed by atoms with Crippen molar-refractivity contribution < 1.29 is 17.9 Å². The topological polar surface area (TPSA) is 64.6 Å². The molecular weight excluding hydrogens is 370 g/mol. The van der Waals surface area contributed by atoms with E-state index in [1.807, 2.05) is 19.1 Å². The van der Waals surface area contributed by atoms with Crippen LogP contribution >= 0.6 is 15.9 Å². The fourth-order valence-electron chi connectivity index (χ4n) is 1.90. The van der Waals surface area contributed by atoms with Gasteiger partial charge in [-0.3, -0.25) is 4.72 Å². The lowest BCUT2D eigenvalue weighted by atomic mass is 10.2. The van der Waals surface area contributed by atoms with E-state index < -0.39 is 10.0 Å². The first-order chi connectivity index (χ1) is 10.4. The molecule has 0 bridgehead atoms. The standard InChI is InChI=1S/C15H16BrNO4S/c1-10-4-5-11(16)8-13(10)17-22(18,19)15-9-12(20-2)6-7-14(15)21-3/h4-9,17H,1-3H3. The first kappa shape index (κ1) is 16.6. The maximum atomic E-state index is 12.7. The molecule has 0 amide bonds. The average Bonchev–Trinajstić information content (AvgIpc) is 2.50. The SMILES string of the molecule is COc1ccc(OC)c(S(=O)(=O)Nc2cc(Br)ccc2C)c1. The van der Waals surface area contributed by atoms with E-state index >= 15 is 0 Å². The molecule has 2 aromatic carbocycles. The van der Waals surface area contributed by atoms with Crippen LogP contribution in [-0.2, 0) is 10.0 Å². The molecule has 0 aromatic heterocycles. The molecule has 5 nitrogen and oxygen atoms in total. The number of ether oxygens (including phenoxy) is 2. The van der Waals surface area contributed by atoms with Gasteiger partial charge in [0, 0.05) is 10.5 Å². The average molecular weight is 386 g/mol. The first-order valence-electron chi connectivity index (χ1n) is 6.38. The molecule has 0 heterocycles. The second kappa shape index (κ2) is 6.58. The number of aryl methyl sites for hydroxylation is 1. The van der Waals surface area contributed by atoms with Crippen molar-refractivity contribution >= 4 is 31.6 Å². The fraction of sp³-hybridized carbons (Fsp3) is 0.200. The number of sulfonamides is 1. The minimum absolute atomic E-state index is 0.0220. The van der Waals surface area contributed by atoms with Gasteiger partial charge in [0.15, 0.2) is 0 Å². The van der Waals surface area contributed by atoms with Gasteiger partial charge in [-0.05, 0) is 36.8 Å². The summed E-state index contributed by atoms with van der Waals surface area (Å²) in [6, 6.07) is 10.0. The van der Waals surface area contributed by atoms with Crippen molar-refractivity contribution in [3.05, 3.63) is 46.4 Å². The summed E-state index contributed by atoms with van der Waals surface area (Å²) in [5.74, 6) is 0.688. The second-order valence-corrected chi connectivity index (χ2v) is 7.15. The van der Waals surface area contributed by atoms with Crippen molar-refractivity contribution in [1.82, 2.24) is 0 Å². The van der Waals surface area contributed by atoms with E-state index in [0.717, 1.165) is 10.0 Å². The summed E-state index contributed by atoms with van der Waals surface area (Å²) in [5.41, 5.74) is 1.31. The maximum absolute atomic E-state index is 12.7. The van der Waals surface area contributed by atoms with Crippen LogP contribution in [0.15, 0.2) is 45.8 Å². The van der Waals surface area contributed by atoms with Gasteiger partial charge in [-0.1, -0.05) is 22.0 Å². The Balaban J connectivity index is 2.48. The third-order valence-corrected chi connectivity index (χ3v) is 4.98. The lowest BCUT2D eigenvalue weighted by Gasteiger charge is -2.14. The second-order valence-electron chi connectivity index (χ2n) is 4.58. The molecule has 0 atom stereocenters. The van der Waals surface area contributed by atoms with E-state index in [9.17, 15) is 8.42 Å². The number of rotatable bonds is 5. The molecule has 0 radical (unpaired) electrons. The summed E-state index contributed by atoms with van der Waals surface area (Å²) in [7, 11) is -0.906. The molecular formula is C15H16BrNO4S. The number of methoxy groups -OCH3 is 2. The van der Waals surface area contributed by atoms with Crippen molar-refractivity contribution in [2.24, 2.45) is 0 Å². The van der Waals surface area contributed by atoms with Gasteiger partial charge in [-0.15, -0.1) is 0 Å². The van der Waals surface area contributed by atoms with Crippen LogP contribution in [0.1, 0.15) is 5.56 Å². The molecule has 118 valence electrons. The Bertz CT molecular complexity index is 790. The zero-order valence-corrected chi connectivity index (χ0v) is 14.8. The highest BCUT2D eigenvalue weighted by Gasteiger charge is 2.21. The summed E-state index contributed by atoms with van der Waals surface area (Å²) in [5, 5.41) is 0. The quantitative estimate of drug-likeness (QED) is 0.853. The molecule has 0 aliphatic rings. The van der Waals surface area contributed by atoms with E-state index in [0.29, 0.717) is 11.4 Å². The highest BCUT2D eigenvalue weighted by Crippen LogP contribution is 2.31. The Morgan fingerprint density at radius 3 is 2.41 bits per heavy atom. The molecule has 0 aliphatic carbocycles. The Labute approximate surface area is 138 Å². The Hall–Kier alpha value is -1.73. The number of hydrogen-bond acceptors (Lipinski definition) is 4. The lowest BCUT2D eigenvalue weighted by molar-refractivity contribution is 0.392. The van der Waals surface area contributed by atoms with Crippen molar-refractivity contribution in [3.8, 4) is 11.5 Å². The lowest BCUT2D eigenvalue weighted by Crippen LogP contribution is -2.15. The molecule has 0 spiro atoms. The molecule has 2 aromatic rings. The Morgan fingerprint density at radius 2 is 1.77 bits per heavy atom. The van der Waals surface area contributed by atoms with E-state index in [1.165, 1.54) is 20.3 Å². The van der Waals surface area contributed by atoms with Crippen LogP contribution in [0.5, 0.6) is 11.5 Å². The monoisotopic (exact) mass is 385 g/mol. The smallest absolute Gasteiger partial charge is 0.265 e. The van der Waals surface area contributed by atoms with Gasteiger partial charge in [0.2, 0.25) is 0 Å². The number of hydrogen-bond donors (Lipinski definition) is 1. The van der Waals surface area contributed by atoms with Gasteiger partial charge in [0.1, 0.15) is 16.4 Å². The van der Waals surface area contributed by atoms with Crippen molar-refractivity contribution in [3.63, 3.8) is 0 Å². The highest BCUT2D eigenvalue weighted by molar-refractivity contribution is 9.10. The third kappa shape index (κ3) is 3.53. The van der Waals surface area contributed by atoms with E-state index in [-0.39, 0.29) is 10.6 Å². The van der Waals surface area contributed by atoms with Crippen LogP contribution in [0, 0.1) is 6.92 Å². The van der Waals surface area contributed by atoms with E-state index in [4.69, 9.17) is 9.47 Å². The van der Waals surface area contributed by atoms with Gasteiger partial charge in [-0.2, -0.15) is 0 Å². The Morgan fingerprint density at radius 1 is 1.05 bits per heavy atom. The van der Waals surface area contributed by atoms with Crippen LogP contribution in [0.3, 0.4) is 0 Å². The summed E-state index contributed by atoms with van der Waals surface area (Å²) in [4.78, 5) is 0.0220. The van der Waals surface area contributed by atoms with Crippen LogP contribution in [0.2, 0.25) is 0 Å². The molecule has 2 rings (SSSR count). The first-order valence-corrected chi connectivity index (χ1v) is 8.66. The molecule has 1 N–H and O–H groups in total. The van der Waals surface area contributed by atoms with Gasteiger partial charge < -0.3 is 9.47 Å². The molecule has 22 heavy (non-hydrogen) atoms. The zero-order valence-electron chi connectivity index (χ0n) is 12.4. The van der Waals surface area contributed by atoms with Crippen LogP contribution < -0.4 is 14.2 Å². The van der Waals surface area contributed by atoms with Crippen molar-refractivity contribution in [1.29, 1.82) is 0 Å². The van der Waals surface area contributed by atoms with E-state index in [2.05, 4.69) is 20.7 Å². The molecule has 0 fully saturated rings. The maximum Gasteiger partial charge on any atom is 0.265 e. The summed E-state index contributed by atoms with van der Waals surface area (Å²) < 4.78 is 38.9. The normalized spacial score (nSPS) is 11.1. The summed E-state index contributed by atoms with van der Waals surface area (Å²) in [6.07, 6.45) is 0. The predicted molar refractivity (Wildman–Crippen MR) is 89.2 cm³/mol. The minimum Gasteiger partial charge on any atom is -0.497 e. The van der Waals surface area contributed by atoms with E-state index in [1.54, 1.807) is 18.2 Å². The van der Waals surface area contributed by atoms with Gasteiger partial charge in [0.05, 0.1) is 19.9 Å². The molecule has 0 aliphatic heterocycles. The van der Waals surface area contributed by atoms with Crippen molar-refractivity contribution in [2.45, 2.75) is 11.8 Å². The zero-order chi connectivity index (χ0) is 16.3. The number of halogens is 1.